The van der Waals surface area contributed by atoms with E-state index in [4.69, 9.17) is 5.73 Å². The van der Waals surface area contributed by atoms with Crippen LogP contribution in [0.1, 0.15) is 10.4 Å². The van der Waals surface area contributed by atoms with Crippen LogP contribution in [0.15, 0.2) is 29.2 Å². The first-order valence-corrected chi connectivity index (χ1v) is 4.86. The van der Waals surface area contributed by atoms with Crippen molar-refractivity contribution in [3.05, 3.63) is 29.8 Å². The number of carbonyl (C=O) groups is 2. The Labute approximate surface area is 91.1 Å². The van der Waals surface area contributed by atoms with E-state index in [0.717, 1.165) is 11.9 Å². The average Bonchev–Trinajstić information content (AvgIpc) is 2.25. The van der Waals surface area contributed by atoms with Crippen LogP contribution in [0.5, 0.6) is 0 Å². The minimum Gasteiger partial charge on any atom is -0.465 e. The van der Waals surface area contributed by atoms with E-state index in [2.05, 4.69) is 9.46 Å². The lowest BCUT2D eigenvalue weighted by Gasteiger charge is -2.03. The van der Waals surface area contributed by atoms with Gasteiger partial charge in [0, 0.05) is 4.90 Å². The molecule has 0 aliphatic carbocycles. The molecule has 2 amide bonds. The lowest BCUT2D eigenvalue weighted by molar-refractivity contribution is 0.0600. The molecule has 0 atom stereocenters. The van der Waals surface area contributed by atoms with Gasteiger partial charge in [0.2, 0.25) is 0 Å². The molecule has 5 nitrogen and oxygen atoms in total. The molecule has 0 radical (unpaired) electrons. The Bertz CT molecular complexity index is 381. The zero-order valence-electron chi connectivity index (χ0n) is 8.02. The number of amides is 2. The van der Waals surface area contributed by atoms with Crippen LogP contribution in [-0.4, -0.2) is 19.1 Å². The minimum absolute atomic E-state index is 0.420. The number of benzene rings is 1. The number of hydrogen-bond acceptors (Lipinski definition) is 4. The van der Waals surface area contributed by atoms with Gasteiger partial charge in [0.25, 0.3) is 0 Å². The van der Waals surface area contributed by atoms with E-state index in [1.54, 1.807) is 24.3 Å². The molecule has 0 unspecified atom stereocenters. The molecule has 0 fully saturated rings. The molecule has 3 N–H and O–H groups in total. The minimum atomic E-state index is -0.636. The van der Waals surface area contributed by atoms with Crippen LogP contribution in [0.25, 0.3) is 0 Å². The summed E-state index contributed by atoms with van der Waals surface area (Å²) in [4.78, 5) is 22.3. The Kier molecular flexibility index (Phi) is 3.99. The van der Waals surface area contributed by atoms with Gasteiger partial charge in [-0.05, 0) is 30.1 Å². The number of urea groups is 1. The fourth-order valence-corrected chi connectivity index (χ4v) is 1.46. The second-order valence-corrected chi connectivity index (χ2v) is 3.47. The summed E-state index contributed by atoms with van der Waals surface area (Å²) in [6.07, 6.45) is 0. The largest absolute Gasteiger partial charge is 0.465 e. The van der Waals surface area contributed by atoms with Crippen molar-refractivity contribution in [3.63, 3.8) is 0 Å². The van der Waals surface area contributed by atoms with Gasteiger partial charge in [-0.3, -0.25) is 4.72 Å². The first-order chi connectivity index (χ1) is 7.13. The first-order valence-electron chi connectivity index (χ1n) is 4.04. The molecule has 0 aliphatic rings. The maximum atomic E-state index is 11.2. The first kappa shape index (κ1) is 11.4. The second kappa shape index (κ2) is 5.26. The average molecular weight is 226 g/mol. The summed E-state index contributed by atoms with van der Waals surface area (Å²) >= 11 is 1.04. The second-order valence-electron chi connectivity index (χ2n) is 2.59. The molecular formula is C9H10N2O3S. The Balaban J connectivity index is 2.74. The summed E-state index contributed by atoms with van der Waals surface area (Å²) in [5.41, 5.74) is 5.33. The Morgan fingerprint density at radius 2 is 2.20 bits per heavy atom. The number of nitrogens with two attached hydrogens (primary N) is 1. The zero-order chi connectivity index (χ0) is 11.3. The molecule has 0 spiro atoms. The fraction of sp³-hybridized carbons (Fsp3) is 0.111. The van der Waals surface area contributed by atoms with Crippen molar-refractivity contribution in [2.24, 2.45) is 5.73 Å². The molecule has 1 aromatic carbocycles. The van der Waals surface area contributed by atoms with E-state index >= 15 is 0 Å². The van der Waals surface area contributed by atoms with Crippen LogP contribution in [0.3, 0.4) is 0 Å². The molecule has 0 bridgehead atoms. The number of ether oxygens (including phenoxy) is 1. The number of methoxy groups -OCH3 is 1. The molecular weight excluding hydrogens is 216 g/mol. The highest BCUT2D eigenvalue weighted by molar-refractivity contribution is 7.98. The van der Waals surface area contributed by atoms with E-state index in [1.165, 1.54) is 7.11 Å². The quantitative estimate of drug-likeness (QED) is 0.598. The normalized spacial score (nSPS) is 9.40. The Hall–Kier alpha value is -1.69. The Morgan fingerprint density at radius 1 is 1.47 bits per heavy atom. The third kappa shape index (κ3) is 3.51. The maximum Gasteiger partial charge on any atom is 0.337 e. The molecule has 0 heterocycles. The van der Waals surface area contributed by atoms with Gasteiger partial charge in [0.05, 0.1) is 12.7 Å². The summed E-state index contributed by atoms with van der Waals surface area (Å²) in [6, 6.07) is 6.03. The fourth-order valence-electron chi connectivity index (χ4n) is 0.914. The summed E-state index contributed by atoms with van der Waals surface area (Å²) in [5.74, 6) is -0.420. The van der Waals surface area contributed by atoms with Crippen molar-refractivity contribution in [3.8, 4) is 0 Å². The van der Waals surface area contributed by atoms with Crippen LogP contribution < -0.4 is 10.5 Å². The molecule has 1 rings (SSSR count). The number of primary amides is 1. The van der Waals surface area contributed by atoms with Gasteiger partial charge in [-0.25, -0.2) is 9.59 Å². The van der Waals surface area contributed by atoms with Gasteiger partial charge < -0.3 is 10.5 Å². The number of carbonyl (C=O) groups excluding carboxylic acids is 2. The molecule has 1 aromatic rings. The van der Waals surface area contributed by atoms with Gasteiger partial charge in [-0.1, -0.05) is 6.07 Å². The molecule has 0 aliphatic heterocycles. The van der Waals surface area contributed by atoms with Crippen LogP contribution in [0, 0.1) is 0 Å². The van der Waals surface area contributed by atoms with Crippen LogP contribution in [-0.2, 0) is 4.74 Å². The monoisotopic (exact) mass is 226 g/mol. The van der Waals surface area contributed by atoms with Crippen molar-refractivity contribution in [2.45, 2.75) is 4.90 Å². The van der Waals surface area contributed by atoms with Gasteiger partial charge in [0.1, 0.15) is 0 Å². The lowest BCUT2D eigenvalue weighted by Crippen LogP contribution is -2.22. The van der Waals surface area contributed by atoms with E-state index in [9.17, 15) is 9.59 Å². The number of esters is 1. The van der Waals surface area contributed by atoms with E-state index in [1.807, 2.05) is 0 Å². The SMILES string of the molecule is COC(=O)c1cccc(SNC(N)=O)c1. The van der Waals surface area contributed by atoms with E-state index in [0.29, 0.717) is 10.5 Å². The smallest absolute Gasteiger partial charge is 0.337 e. The highest BCUT2D eigenvalue weighted by Crippen LogP contribution is 2.16. The highest BCUT2D eigenvalue weighted by atomic mass is 32.2. The van der Waals surface area contributed by atoms with Gasteiger partial charge in [-0.2, -0.15) is 0 Å². The predicted octanol–water partition coefficient (Wildman–Crippen LogP) is 1.15. The van der Waals surface area contributed by atoms with Crippen molar-refractivity contribution in [1.82, 2.24) is 4.72 Å². The summed E-state index contributed by atoms with van der Waals surface area (Å²) in [6.45, 7) is 0. The van der Waals surface area contributed by atoms with Gasteiger partial charge >= 0.3 is 12.0 Å². The van der Waals surface area contributed by atoms with Crippen molar-refractivity contribution in [2.75, 3.05) is 7.11 Å². The highest BCUT2D eigenvalue weighted by Gasteiger charge is 2.05. The Morgan fingerprint density at radius 3 is 2.80 bits per heavy atom. The molecule has 80 valence electrons. The summed E-state index contributed by atoms with van der Waals surface area (Å²) < 4.78 is 6.91. The molecule has 15 heavy (non-hydrogen) atoms. The molecule has 0 aromatic heterocycles. The van der Waals surface area contributed by atoms with Crippen molar-refractivity contribution < 1.29 is 14.3 Å². The van der Waals surface area contributed by atoms with E-state index < -0.39 is 12.0 Å². The van der Waals surface area contributed by atoms with E-state index in [-0.39, 0.29) is 0 Å². The standard InChI is InChI=1S/C9H10N2O3S/c1-14-8(12)6-3-2-4-7(5-6)15-11-9(10)13/h2-5H,1H3,(H3,10,11,13). The van der Waals surface area contributed by atoms with Gasteiger partial charge in [-0.15, -0.1) is 0 Å². The van der Waals surface area contributed by atoms with Gasteiger partial charge in [0.15, 0.2) is 0 Å². The maximum absolute atomic E-state index is 11.2. The number of hydrogen-bond donors (Lipinski definition) is 2. The lowest BCUT2D eigenvalue weighted by atomic mass is 10.2. The summed E-state index contributed by atoms with van der Waals surface area (Å²) in [5, 5.41) is 0. The van der Waals surface area contributed by atoms with Crippen molar-refractivity contribution >= 4 is 23.9 Å². The van der Waals surface area contributed by atoms with Crippen LogP contribution in [0.4, 0.5) is 4.79 Å². The molecule has 0 saturated heterocycles. The number of rotatable bonds is 3. The van der Waals surface area contributed by atoms with Crippen molar-refractivity contribution in [1.29, 1.82) is 0 Å². The third-order valence-electron chi connectivity index (χ3n) is 1.52. The molecule has 0 saturated carbocycles. The zero-order valence-corrected chi connectivity index (χ0v) is 8.84. The number of nitrogens with one attached hydrogen (secondary N) is 1. The van der Waals surface area contributed by atoms with Crippen LogP contribution in [0.2, 0.25) is 0 Å². The third-order valence-corrected chi connectivity index (χ3v) is 2.32. The predicted molar refractivity (Wildman–Crippen MR) is 56.4 cm³/mol. The summed E-state index contributed by atoms with van der Waals surface area (Å²) in [7, 11) is 1.31. The molecule has 6 heteroatoms. The van der Waals surface area contributed by atoms with Crippen LogP contribution >= 0.6 is 11.9 Å². The topological polar surface area (TPSA) is 81.4 Å².